The Morgan fingerprint density at radius 2 is 1.21 bits per heavy atom. The molecule has 3 aromatic carbocycles. The summed E-state index contributed by atoms with van der Waals surface area (Å²) >= 11 is 3.22. The van der Waals surface area contributed by atoms with E-state index in [1.54, 1.807) is 11.3 Å². The van der Waals surface area contributed by atoms with Gasteiger partial charge in [0.25, 0.3) is 0 Å². The first-order valence-electron chi connectivity index (χ1n) is 10.9. The molecule has 4 nitrogen and oxygen atoms in total. The zero-order chi connectivity index (χ0) is 22.9. The lowest BCUT2D eigenvalue weighted by Gasteiger charge is -2.23. The minimum absolute atomic E-state index is 0.434. The van der Waals surface area contributed by atoms with Gasteiger partial charge in [-0.1, -0.05) is 48.5 Å². The number of nitrogens with zero attached hydrogens (tertiary/aromatic N) is 3. The van der Waals surface area contributed by atoms with E-state index in [0.29, 0.717) is 11.5 Å². The normalized spacial score (nSPS) is 12.0. The van der Waals surface area contributed by atoms with E-state index in [-0.39, 0.29) is 0 Å². The maximum Gasteiger partial charge on any atom is 0.160 e. The number of thiophene rings is 2. The van der Waals surface area contributed by atoms with Gasteiger partial charge in [-0.15, -0.1) is 22.7 Å². The first-order valence-corrected chi connectivity index (χ1v) is 12.5. The molecule has 0 saturated carbocycles. The van der Waals surface area contributed by atoms with Crippen molar-refractivity contribution in [1.29, 1.82) is 0 Å². The number of carbonyl (C=O) groups excluding carboxylic acids is 1. The molecule has 1 aliphatic rings. The predicted molar refractivity (Wildman–Crippen MR) is 140 cm³/mol. The fraction of sp³-hybridized carbons (Fsp3) is 0.0357. The third-order valence-electron chi connectivity index (χ3n) is 5.72. The number of anilines is 3. The Labute approximate surface area is 204 Å². The zero-order valence-electron chi connectivity index (χ0n) is 18.1. The molecule has 0 aliphatic carbocycles. The van der Waals surface area contributed by atoms with Crippen LogP contribution in [0, 0.1) is 0 Å². The van der Waals surface area contributed by atoms with Crippen molar-refractivity contribution in [3.63, 3.8) is 0 Å². The smallest absolute Gasteiger partial charge is 0.160 e. The molecule has 0 atom stereocenters. The molecule has 0 amide bonds. The van der Waals surface area contributed by atoms with Crippen molar-refractivity contribution in [2.75, 3.05) is 11.6 Å². The molecule has 0 fully saturated rings. The molecule has 0 bridgehead atoms. The summed E-state index contributed by atoms with van der Waals surface area (Å²) in [6, 6.07) is 33.2. The van der Waals surface area contributed by atoms with Gasteiger partial charge in [-0.2, -0.15) is 0 Å². The number of hydrogen-bond acceptors (Lipinski definition) is 6. The van der Waals surface area contributed by atoms with Gasteiger partial charge in [0.15, 0.2) is 6.29 Å². The highest BCUT2D eigenvalue weighted by Gasteiger charge is 2.18. The molecule has 0 saturated heterocycles. The van der Waals surface area contributed by atoms with E-state index in [9.17, 15) is 4.79 Å². The third-order valence-corrected chi connectivity index (χ3v) is 7.87. The van der Waals surface area contributed by atoms with Gasteiger partial charge in [0.2, 0.25) is 0 Å². The lowest BCUT2D eigenvalue weighted by molar-refractivity contribution is 0.112. The molecule has 0 radical (unpaired) electrons. The summed E-state index contributed by atoms with van der Waals surface area (Å²) in [7, 11) is 0. The second-order valence-corrected chi connectivity index (χ2v) is 9.96. The largest absolute Gasteiger partial charge is 0.302 e. The molecule has 3 heterocycles. The van der Waals surface area contributed by atoms with Gasteiger partial charge in [0.1, 0.15) is 11.7 Å². The summed E-state index contributed by atoms with van der Waals surface area (Å²) in [6.45, 7) is 0.434. The number of aldehydes is 1. The topological polar surface area (TPSA) is 45.0 Å². The van der Waals surface area contributed by atoms with Crippen LogP contribution in [0.3, 0.4) is 0 Å². The van der Waals surface area contributed by atoms with Crippen molar-refractivity contribution >= 4 is 45.3 Å². The molecule has 2 aromatic heterocycles. The fourth-order valence-electron chi connectivity index (χ4n) is 4.19. The minimum Gasteiger partial charge on any atom is -0.302 e. The predicted octanol–water partition coefficient (Wildman–Crippen LogP) is 6.64. The van der Waals surface area contributed by atoms with Crippen LogP contribution in [0.1, 0.15) is 9.67 Å². The number of para-hydroxylation sites is 2. The summed E-state index contributed by atoms with van der Waals surface area (Å²) in [5, 5.41) is 2.97. The van der Waals surface area contributed by atoms with Crippen molar-refractivity contribution in [2.45, 2.75) is 0 Å². The molecular weight excluding hydrogens is 458 g/mol. The van der Waals surface area contributed by atoms with Gasteiger partial charge < -0.3 is 4.90 Å². The molecule has 5 aromatic rings. The average Bonchev–Trinajstić information content (AvgIpc) is 3.66. The Balaban J connectivity index is 1.44. The van der Waals surface area contributed by atoms with E-state index in [1.165, 1.54) is 11.3 Å². The lowest BCUT2D eigenvalue weighted by Crippen LogP contribution is -2.25. The van der Waals surface area contributed by atoms with E-state index in [2.05, 4.69) is 82.7 Å². The number of fused-ring (bicyclic) bond motifs is 1. The molecular formula is C28H19N3OS2. The van der Waals surface area contributed by atoms with Crippen LogP contribution in [0.2, 0.25) is 0 Å². The van der Waals surface area contributed by atoms with Crippen LogP contribution in [0.15, 0.2) is 107 Å². The van der Waals surface area contributed by atoms with Crippen molar-refractivity contribution in [3.05, 3.63) is 113 Å². The Morgan fingerprint density at radius 3 is 1.76 bits per heavy atom. The van der Waals surface area contributed by atoms with E-state index in [0.717, 1.165) is 54.3 Å². The number of hydrogen-bond donors (Lipinski definition) is 0. The molecule has 6 rings (SSSR count). The van der Waals surface area contributed by atoms with E-state index >= 15 is 0 Å². The second kappa shape index (κ2) is 8.82. The number of rotatable bonds is 6. The molecule has 0 unspecified atom stereocenters. The van der Waals surface area contributed by atoms with Crippen LogP contribution in [0.4, 0.5) is 16.4 Å². The highest BCUT2D eigenvalue weighted by Crippen LogP contribution is 2.41. The minimum atomic E-state index is 0.434. The molecule has 1 aliphatic heterocycles. The van der Waals surface area contributed by atoms with Crippen LogP contribution in [-0.4, -0.2) is 13.0 Å². The van der Waals surface area contributed by atoms with Crippen molar-refractivity contribution in [3.8, 4) is 20.9 Å². The molecule has 34 heavy (non-hydrogen) atoms. The summed E-state index contributed by atoms with van der Waals surface area (Å²) in [4.78, 5) is 25.7. The van der Waals surface area contributed by atoms with Gasteiger partial charge in [-0.25, -0.2) is 0 Å². The summed E-state index contributed by atoms with van der Waals surface area (Å²) in [5.74, 6) is 0. The van der Waals surface area contributed by atoms with Crippen molar-refractivity contribution < 1.29 is 4.79 Å². The van der Waals surface area contributed by atoms with Crippen LogP contribution >= 0.6 is 22.7 Å². The van der Waals surface area contributed by atoms with Crippen LogP contribution in [-0.2, 0) is 0 Å². The highest BCUT2D eigenvalue weighted by molar-refractivity contribution is 7.19. The van der Waals surface area contributed by atoms with E-state index in [4.69, 9.17) is 4.99 Å². The lowest BCUT2D eigenvalue weighted by atomic mass is 10.1. The molecule has 0 N–H and O–H groups in total. The number of benzene rings is 3. The first kappa shape index (κ1) is 20.7. The first-order chi connectivity index (χ1) is 16.8. The van der Waals surface area contributed by atoms with Gasteiger partial charge in [-0.05, 0) is 48.5 Å². The number of carbonyl (C=O) groups is 1. The van der Waals surface area contributed by atoms with Gasteiger partial charge in [0.05, 0.1) is 15.6 Å². The summed E-state index contributed by atoms with van der Waals surface area (Å²) < 4.78 is 0. The van der Waals surface area contributed by atoms with Crippen LogP contribution < -0.4 is 15.6 Å². The van der Waals surface area contributed by atoms with Crippen molar-refractivity contribution in [2.24, 2.45) is 9.98 Å². The van der Waals surface area contributed by atoms with Gasteiger partial charge in [-0.3, -0.25) is 14.8 Å². The van der Waals surface area contributed by atoms with Crippen LogP contribution in [0.25, 0.3) is 20.9 Å². The van der Waals surface area contributed by atoms with Crippen molar-refractivity contribution in [1.82, 2.24) is 0 Å². The zero-order valence-corrected chi connectivity index (χ0v) is 19.7. The standard InChI is InChI=1S/C28H19N3OS2/c32-17-21-11-14-24(33-21)22-12-13-23(28-27(22)29-18-30-28)25-15-16-26(34-25)31(19-7-3-1-4-8-19)20-9-5-2-6-10-20/h1-17H,18H2. The average molecular weight is 478 g/mol. The summed E-state index contributed by atoms with van der Waals surface area (Å²) in [5.41, 5.74) is 4.35. The Kier molecular flexibility index (Phi) is 5.37. The quantitative estimate of drug-likeness (QED) is 0.258. The Bertz CT molecular complexity index is 1570. The maximum absolute atomic E-state index is 11.2. The van der Waals surface area contributed by atoms with Crippen LogP contribution in [0.5, 0.6) is 0 Å². The monoisotopic (exact) mass is 477 g/mol. The molecule has 164 valence electrons. The molecule has 0 spiro atoms. The van der Waals surface area contributed by atoms with E-state index in [1.807, 2.05) is 24.3 Å². The Morgan fingerprint density at radius 1 is 0.647 bits per heavy atom. The van der Waals surface area contributed by atoms with Gasteiger partial charge >= 0.3 is 0 Å². The fourth-order valence-corrected chi connectivity index (χ4v) is 6.11. The highest BCUT2D eigenvalue weighted by atomic mass is 32.1. The van der Waals surface area contributed by atoms with E-state index < -0.39 is 0 Å². The SMILES string of the molecule is O=Cc1ccc(-c2ccc(-c3ccc(N(c4ccccc4)c4ccccc4)s3)c3c2=NCN=3)s1. The van der Waals surface area contributed by atoms with Gasteiger partial charge in [0, 0.05) is 32.3 Å². The maximum atomic E-state index is 11.2. The summed E-state index contributed by atoms with van der Waals surface area (Å²) in [6.07, 6.45) is 0.892. The second-order valence-electron chi connectivity index (χ2n) is 7.78. The Hall–Kier alpha value is -3.87. The third kappa shape index (κ3) is 3.67. The molecule has 6 heteroatoms.